The fraction of sp³-hybridized carbons (Fsp3) is 0.400. The summed E-state index contributed by atoms with van der Waals surface area (Å²) in [6, 6.07) is 6.35. The van der Waals surface area contributed by atoms with E-state index in [1.54, 1.807) is 6.07 Å². The highest BCUT2D eigenvalue weighted by molar-refractivity contribution is 5.74. The van der Waals surface area contributed by atoms with Crippen molar-refractivity contribution < 1.29 is 8.91 Å². The molecule has 1 aromatic carbocycles. The molecule has 0 saturated heterocycles. The van der Waals surface area contributed by atoms with Gasteiger partial charge in [0.15, 0.2) is 0 Å². The molecule has 0 aliphatic heterocycles. The number of nitrogens with two attached hydrogens (primary N) is 1. The number of unbranched alkanes of at least 4 members (excludes halogenated alkanes) is 3. The number of nitrogen functional groups attached to an aromatic ring is 1. The average molecular weight is 262 g/mol. The molecule has 0 bridgehead atoms. The lowest BCUT2D eigenvalue weighted by Crippen LogP contribution is -1.92. The molecule has 0 amide bonds. The summed E-state index contributed by atoms with van der Waals surface area (Å²) in [5, 5.41) is 4.00. The van der Waals surface area contributed by atoms with Gasteiger partial charge in [0.05, 0.1) is 11.3 Å². The van der Waals surface area contributed by atoms with Crippen molar-refractivity contribution in [1.29, 1.82) is 0 Å². The molecule has 0 aliphatic rings. The van der Waals surface area contributed by atoms with Gasteiger partial charge in [-0.3, -0.25) is 0 Å². The quantitative estimate of drug-likeness (QED) is 0.794. The van der Waals surface area contributed by atoms with Gasteiger partial charge < -0.3 is 10.3 Å². The largest absolute Gasteiger partial charge is 0.367 e. The fourth-order valence-corrected chi connectivity index (χ4v) is 2.18. The summed E-state index contributed by atoms with van der Waals surface area (Å²) >= 11 is 0. The average Bonchev–Trinajstić information content (AvgIpc) is 2.76. The molecule has 0 spiro atoms. The zero-order valence-electron chi connectivity index (χ0n) is 11.2. The molecule has 3 nitrogen and oxygen atoms in total. The predicted molar refractivity (Wildman–Crippen MR) is 74.2 cm³/mol. The van der Waals surface area contributed by atoms with Crippen LogP contribution in [-0.2, 0) is 6.42 Å². The minimum atomic E-state index is -0.282. The lowest BCUT2D eigenvalue weighted by Gasteiger charge is -2.03. The Kier molecular flexibility index (Phi) is 4.55. The first-order chi connectivity index (χ1) is 9.22. The SMILES string of the molecule is CCCCCCc1noc(N)c1-c1cccc(F)c1. The van der Waals surface area contributed by atoms with Crippen LogP contribution in [0.25, 0.3) is 11.1 Å². The van der Waals surface area contributed by atoms with E-state index in [4.69, 9.17) is 10.3 Å². The summed E-state index contributed by atoms with van der Waals surface area (Å²) < 4.78 is 18.3. The summed E-state index contributed by atoms with van der Waals surface area (Å²) in [6.45, 7) is 2.17. The van der Waals surface area contributed by atoms with Gasteiger partial charge in [0.25, 0.3) is 0 Å². The highest BCUT2D eigenvalue weighted by Crippen LogP contribution is 2.31. The maximum Gasteiger partial charge on any atom is 0.230 e. The van der Waals surface area contributed by atoms with E-state index in [9.17, 15) is 4.39 Å². The Labute approximate surface area is 112 Å². The molecule has 0 aliphatic carbocycles. The number of nitrogens with zero attached hydrogens (tertiary/aromatic N) is 1. The molecular formula is C15H19FN2O. The van der Waals surface area contributed by atoms with Crippen LogP contribution in [0, 0.1) is 5.82 Å². The molecule has 2 N–H and O–H groups in total. The van der Waals surface area contributed by atoms with Crippen LogP contribution in [0.1, 0.15) is 38.3 Å². The van der Waals surface area contributed by atoms with Gasteiger partial charge in [-0.1, -0.05) is 43.5 Å². The zero-order chi connectivity index (χ0) is 13.7. The normalized spacial score (nSPS) is 10.8. The van der Waals surface area contributed by atoms with Gasteiger partial charge in [-0.05, 0) is 30.5 Å². The monoisotopic (exact) mass is 262 g/mol. The van der Waals surface area contributed by atoms with Crippen LogP contribution in [-0.4, -0.2) is 5.16 Å². The third-order valence-electron chi connectivity index (χ3n) is 3.17. The molecule has 0 radical (unpaired) electrons. The summed E-state index contributed by atoms with van der Waals surface area (Å²) in [7, 11) is 0. The number of anilines is 1. The van der Waals surface area contributed by atoms with Crippen LogP contribution in [0.15, 0.2) is 28.8 Å². The van der Waals surface area contributed by atoms with E-state index < -0.39 is 0 Å². The standard InChI is InChI=1S/C15H19FN2O/c1-2-3-4-5-9-13-14(15(17)19-18-13)11-7-6-8-12(16)10-11/h6-8,10H,2-5,9,17H2,1H3. The van der Waals surface area contributed by atoms with Crippen molar-refractivity contribution in [3.63, 3.8) is 0 Å². The number of aryl methyl sites for hydroxylation is 1. The molecule has 0 saturated carbocycles. The van der Waals surface area contributed by atoms with Crippen LogP contribution in [0.5, 0.6) is 0 Å². The highest BCUT2D eigenvalue weighted by atomic mass is 19.1. The molecule has 1 aromatic heterocycles. The molecule has 0 unspecified atom stereocenters. The third-order valence-corrected chi connectivity index (χ3v) is 3.17. The molecule has 2 aromatic rings. The summed E-state index contributed by atoms with van der Waals surface area (Å²) in [5.41, 5.74) is 8.08. The second-order valence-electron chi connectivity index (χ2n) is 4.69. The Morgan fingerprint density at radius 2 is 2.11 bits per heavy atom. The van der Waals surface area contributed by atoms with Gasteiger partial charge in [0, 0.05) is 0 Å². The van der Waals surface area contributed by atoms with E-state index in [-0.39, 0.29) is 11.7 Å². The maximum atomic E-state index is 13.3. The number of rotatable bonds is 6. The van der Waals surface area contributed by atoms with Crippen molar-refractivity contribution in [2.45, 2.75) is 39.0 Å². The van der Waals surface area contributed by atoms with Gasteiger partial charge >= 0.3 is 0 Å². The minimum absolute atomic E-state index is 0.260. The van der Waals surface area contributed by atoms with Gasteiger partial charge in [-0.15, -0.1) is 0 Å². The number of halogens is 1. The van der Waals surface area contributed by atoms with Crippen molar-refractivity contribution in [2.75, 3.05) is 5.73 Å². The number of aromatic nitrogens is 1. The van der Waals surface area contributed by atoms with E-state index >= 15 is 0 Å². The maximum absolute atomic E-state index is 13.3. The van der Waals surface area contributed by atoms with Crippen LogP contribution >= 0.6 is 0 Å². The van der Waals surface area contributed by atoms with E-state index in [0.717, 1.165) is 36.1 Å². The second-order valence-corrected chi connectivity index (χ2v) is 4.69. The lowest BCUT2D eigenvalue weighted by molar-refractivity contribution is 0.426. The van der Waals surface area contributed by atoms with Crippen LogP contribution in [0.3, 0.4) is 0 Å². The smallest absolute Gasteiger partial charge is 0.230 e. The number of benzene rings is 1. The molecule has 19 heavy (non-hydrogen) atoms. The number of hydrogen-bond donors (Lipinski definition) is 1. The van der Waals surface area contributed by atoms with Gasteiger partial charge in [0.1, 0.15) is 5.82 Å². The Balaban J connectivity index is 2.18. The van der Waals surface area contributed by atoms with Crippen LogP contribution in [0.4, 0.5) is 10.3 Å². The first-order valence-electron chi connectivity index (χ1n) is 6.72. The molecule has 0 fully saturated rings. The Morgan fingerprint density at radius 1 is 1.26 bits per heavy atom. The van der Waals surface area contributed by atoms with E-state index in [1.165, 1.54) is 25.0 Å². The second kappa shape index (κ2) is 6.36. The minimum Gasteiger partial charge on any atom is -0.367 e. The Hall–Kier alpha value is -1.84. The van der Waals surface area contributed by atoms with E-state index in [0.29, 0.717) is 0 Å². The molecule has 0 atom stereocenters. The van der Waals surface area contributed by atoms with Crippen molar-refractivity contribution in [1.82, 2.24) is 5.16 Å². The summed E-state index contributed by atoms with van der Waals surface area (Å²) in [6.07, 6.45) is 5.42. The molecular weight excluding hydrogens is 243 g/mol. The fourth-order valence-electron chi connectivity index (χ4n) is 2.18. The summed E-state index contributed by atoms with van der Waals surface area (Å²) in [4.78, 5) is 0. The molecule has 4 heteroatoms. The zero-order valence-corrected chi connectivity index (χ0v) is 11.2. The van der Waals surface area contributed by atoms with E-state index in [2.05, 4.69) is 12.1 Å². The highest BCUT2D eigenvalue weighted by Gasteiger charge is 2.15. The first-order valence-corrected chi connectivity index (χ1v) is 6.72. The van der Waals surface area contributed by atoms with Gasteiger partial charge in [0.2, 0.25) is 5.88 Å². The molecule has 102 valence electrons. The number of hydrogen-bond acceptors (Lipinski definition) is 3. The van der Waals surface area contributed by atoms with Crippen LogP contribution in [0.2, 0.25) is 0 Å². The van der Waals surface area contributed by atoms with Crippen molar-refractivity contribution in [3.05, 3.63) is 35.8 Å². The third kappa shape index (κ3) is 3.34. The topological polar surface area (TPSA) is 52.0 Å². The Bertz CT molecular complexity index is 537. The summed E-state index contributed by atoms with van der Waals surface area (Å²) in [5.74, 6) is -0.0221. The predicted octanol–water partition coefficient (Wildman–Crippen LogP) is 4.19. The van der Waals surface area contributed by atoms with E-state index in [1.807, 2.05) is 6.07 Å². The van der Waals surface area contributed by atoms with Crippen LogP contribution < -0.4 is 5.73 Å². The first kappa shape index (κ1) is 13.6. The van der Waals surface area contributed by atoms with Gasteiger partial charge in [-0.25, -0.2) is 4.39 Å². The molecule has 2 rings (SSSR count). The Morgan fingerprint density at radius 3 is 2.84 bits per heavy atom. The van der Waals surface area contributed by atoms with Crippen molar-refractivity contribution in [3.8, 4) is 11.1 Å². The van der Waals surface area contributed by atoms with Crippen molar-refractivity contribution >= 4 is 5.88 Å². The van der Waals surface area contributed by atoms with Gasteiger partial charge in [-0.2, -0.15) is 0 Å². The molecule has 1 heterocycles. The van der Waals surface area contributed by atoms with Crippen molar-refractivity contribution in [2.24, 2.45) is 0 Å². The lowest BCUT2D eigenvalue weighted by atomic mass is 10.0.